The number of nitrogens with zero attached hydrogens (tertiary/aromatic N) is 2. The number of carbonyl (C=O) groups excluding carboxylic acids is 2. The predicted octanol–water partition coefficient (Wildman–Crippen LogP) is 2.80. The maximum absolute atomic E-state index is 13.1. The lowest BCUT2D eigenvalue weighted by Gasteiger charge is -2.31. The summed E-state index contributed by atoms with van der Waals surface area (Å²) < 4.78 is 0. The number of rotatable bonds is 4. The molecule has 2 aliphatic carbocycles. The van der Waals surface area contributed by atoms with Crippen LogP contribution in [0.5, 0.6) is 0 Å². The number of isocyanates is 1. The fourth-order valence-electron chi connectivity index (χ4n) is 4.37. The van der Waals surface area contributed by atoms with Gasteiger partial charge >= 0.3 is 0 Å². The molecule has 1 heterocycles. The van der Waals surface area contributed by atoms with E-state index in [1.807, 2.05) is 4.90 Å². The van der Waals surface area contributed by atoms with Crippen molar-refractivity contribution in [3.05, 3.63) is 34.9 Å². The molecule has 5 nitrogen and oxygen atoms in total. The molecule has 3 aliphatic rings. The topological polar surface area (TPSA) is 75.8 Å². The summed E-state index contributed by atoms with van der Waals surface area (Å²) in [6.45, 7) is 0.938. The van der Waals surface area contributed by atoms with Crippen molar-refractivity contribution in [2.24, 2.45) is 16.6 Å². The Kier molecular flexibility index (Phi) is 4.45. The highest BCUT2D eigenvalue weighted by atomic mass is 16.2. The number of benzene rings is 1. The Labute approximate surface area is 148 Å². The van der Waals surface area contributed by atoms with Crippen molar-refractivity contribution >= 4 is 12.0 Å². The van der Waals surface area contributed by atoms with Gasteiger partial charge in [0.1, 0.15) is 0 Å². The molecule has 4 rings (SSSR count). The van der Waals surface area contributed by atoms with Crippen LogP contribution >= 0.6 is 0 Å². The van der Waals surface area contributed by atoms with Crippen molar-refractivity contribution in [3.63, 3.8) is 0 Å². The van der Waals surface area contributed by atoms with Gasteiger partial charge in [-0.1, -0.05) is 18.2 Å². The highest BCUT2D eigenvalue weighted by Gasteiger charge is 2.38. The van der Waals surface area contributed by atoms with Crippen molar-refractivity contribution < 1.29 is 9.59 Å². The van der Waals surface area contributed by atoms with Gasteiger partial charge in [0.25, 0.3) is 0 Å². The molecular formula is C20H25N3O2. The first-order valence-electron chi connectivity index (χ1n) is 9.39. The molecule has 1 unspecified atom stereocenters. The summed E-state index contributed by atoms with van der Waals surface area (Å²) in [6.07, 6.45) is 7.73. The first kappa shape index (κ1) is 16.5. The van der Waals surface area contributed by atoms with Crippen LogP contribution in [0.15, 0.2) is 23.2 Å². The second-order valence-corrected chi connectivity index (χ2v) is 7.76. The Balaban J connectivity index is 1.57. The number of hydrogen-bond acceptors (Lipinski definition) is 4. The molecule has 0 saturated heterocycles. The van der Waals surface area contributed by atoms with E-state index in [1.54, 1.807) is 6.08 Å². The van der Waals surface area contributed by atoms with Gasteiger partial charge in [-0.05, 0) is 61.1 Å². The third-order valence-corrected chi connectivity index (χ3v) is 6.02. The van der Waals surface area contributed by atoms with E-state index in [2.05, 4.69) is 23.2 Å². The van der Waals surface area contributed by atoms with E-state index in [-0.39, 0.29) is 23.9 Å². The van der Waals surface area contributed by atoms with Gasteiger partial charge < -0.3 is 10.6 Å². The van der Waals surface area contributed by atoms with Crippen molar-refractivity contribution in [2.45, 2.75) is 63.1 Å². The quantitative estimate of drug-likeness (QED) is 0.677. The van der Waals surface area contributed by atoms with E-state index < -0.39 is 0 Å². The highest BCUT2D eigenvalue weighted by Crippen LogP contribution is 2.43. The molecule has 1 aromatic carbocycles. The van der Waals surface area contributed by atoms with E-state index in [0.717, 1.165) is 31.2 Å². The van der Waals surface area contributed by atoms with E-state index in [1.165, 1.54) is 24.0 Å². The largest absolute Gasteiger partial charge is 0.329 e. The van der Waals surface area contributed by atoms with Gasteiger partial charge in [-0.25, -0.2) is 9.79 Å². The molecule has 1 aromatic rings. The number of nitrogens with two attached hydrogens (primary N) is 1. The standard InChI is InChI=1S/C20H25N3O2/c21-17-6-3-14(4-7-17)20(25)23-11-16-9-15(13-1-2-13)5-8-18(16)19(23)10-22-12-24/h5,8-9,13-14,17,19H,1-4,6-7,10-11,21H2/t14-,17-,19?. The zero-order valence-electron chi connectivity index (χ0n) is 14.5. The SMILES string of the molecule is N[C@H]1CC[C@H](C(=O)N2Cc3cc(C4CC4)ccc3C2CN=C=O)CC1. The monoisotopic (exact) mass is 339 g/mol. The number of hydrogen-bond donors (Lipinski definition) is 1. The average molecular weight is 339 g/mol. The molecule has 1 amide bonds. The second-order valence-electron chi connectivity index (χ2n) is 7.76. The van der Waals surface area contributed by atoms with Crippen LogP contribution in [0.2, 0.25) is 0 Å². The van der Waals surface area contributed by atoms with Crippen molar-refractivity contribution in [2.75, 3.05) is 6.54 Å². The van der Waals surface area contributed by atoms with Crippen LogP contribution < -0.4 is 5.73 Å². The molecule has 1 aliphatic heterocycles. The van der Waals surface area contributed by atoms with Crippen LogP contribution in [0.1, 0.15) is 67.2 Å². The third-order valence-electron chi connectivity index (χ3n) is 6.02. The molecule has 0 bridgehead atoms. The van der Waals surface area contributed by atoms with Crippen LogP contribution in [-0.4, -0.2) is 29.5 Å². The molecular weight excluding hydrogens is 314 g/mol. The lowest BCUT2D eigenvalue weighted by Crippen LogP contribution is -2.39. The van der Waals surface area contributed by atoms with Gasteiger partial charge in [0.2, 0.25) is 12.0 Å². The van der Waals surface area contributed by atoms with Gasteiger partial charge in [0, 0.05) is 18.5 Å². The second kappa shape index (κ2) is 6.74. The number of carbonyl (C=O) groups is 1. The smallest absolute Gasteiger partial charge is 0.235 e. The zero-order chi connectivity index (χ0) is 17.4. The van der Waals surface area contributed by atoms with Crippen molar-refractivity contribution in [1.29, 1.82) is 0 Å². The molecule has 0 spiro atoms. The van der Waals surface area contributed by atoms with Crippen molar-refractivity contribution in [3.8, 4) is 0 Å². The first-order valence-corrected chi connectivity index (χ1v) is 9.39. The van der Waals surface area contributed by atoms with E-state index >= 15 is 0 Å². The normalized spacial score (nSPS) is 28.4. The van der Waals surface area contributed by atoms with Gasteiger partial charge in [-0.2, -0.15) is 0 Å². The summed E-state index contributed by atoms with van der Waals surface area (Å²) in [5.74, 6) is 0.947. The van der Waals surface area contributed by atoms with Gasteiger partial charge in [0.05, 0.1) is 12.6 Å². The lowest BCUT2D eigenvalue weighted by molar-refractivity contribution is -0.139. The molecule has 2 N–H and O–H groups in total. The molecule has 5 heteroatoms. The number of amides is 1. The van der Waals surface area contributed by atoms with Crippen LogP contribution in [-0.2, 0) is 16.1 Å². The molecule has 25 heavy (non-hydrogen) atoms. The highest BCUT2D eigenvalue weighted by molar-refractivity contribution is 5.80. The van der Waals surface area contributed by atoms with Gasteiger partial charge in [-0.3, -0.25) is 4.79 Å². The summed E-state index contributed by atoms with van der Waals surface area (Å²) >= 11 is 0. The molecule has 0 radical (unpaired) electrons. The molecule has 0 aromatic heterocycles. The Morgan fingerprint density at radius 1 is 1.20 bits per heavy atom. The van der Waals surface area contributed by atoms with Gasteiger partial charge in [0.15, 0.2) is 0 Å². The maximum atomic E-state index is 13.1. The van der Waals surface area contributed by atoms with Crippen LogP contribution in [0, 0.1) is 5.92 Å². The Bertz CT molecular complexity index is 714. The summed E-state index contributed by atoms with van der Waals surface area (Å²) in [7, 11) is 0. The van der Waals surface area contributed by atoms with Crippen LogP contribution in [0.3, 0.4) is 0 Å². The maximum Gasteiger partial charge on any atom is 0.235 e. The summed E-state index contributed by atoms with van der Waals surface area (Å²) in [5.41, 5.74) is 9.73. The lowest BCUT2D eigenvalue weighted by atomic mass is 9.85. The van der Waals surface area contributed by atoms with Crippen LogP contribution in [0.25, 0.3) is 0 Å². The molecule has 1 atom stereocenters. The molecule has 2 fully saturated rings. The minimum atomic E-state index is -0.132. The minimum absolute atomic E-state index is 0.0553. The Morgan fingerprint density at radius 3 is 2.64 bits per heavy atom. The van der Waals surface area contributed by atoms with E-state index in [4.69, 9.17) is 5.73 Å². The van der Waals surface area contributed by atoms with Crippen LogP contribution in [0.4, 0.5) is 0 Å². The Morgan fingerprint density at radius 2 is 1.96 bits per heavy atom. The average Bonchev–Trinajstić information content (AvgIpc) is 3.41. The van der Waals surface area contributed by atoms with E-state index in [0.29, 0.717) is 19.0 Å². The summed E-state index contributed by atoms with van der Waals surface area (Å²) in [4.78, 5) is 29.5. The first-order chi connectivity index (χ1) is 12.2. The predicted molar refractivity (Wildman–Crippen MR) is 94.6 cm³/mol. The molecule has 132 valence electrons. The van der Waals surface area contributed by atoms with E-state index in [9.17, 15) is 9.59 Å². The number of aliphatic imine (C=N–C) groups is 1. The fraction of sp³-hybridized carbons (Fsp3) is 0.600. The summed E-state index contributed by atoms with van der Waals surface area (Å²) in [6, 6.07) is 6.68. The minimum Gasteiger partial charge on any atom is -0.329 e. The van der Waals surface area contributed by atoms with Crippen molar-refractivity contribution in [1.82, 2.24) is 4.90 Å². The number of fused-ring (bicyclic) bond motifs is 1. The third kappa shape index (κ3) is 3.26. The zero-order valence-corrected chi connectivity index (χ0v) is 14.5. The molecule has 2 saturated carbocycles. The fourth-order valence-corrected chi connectivity index (χ4v) is 4.37. The van der Waals surface area contributed by atoms with Gasteiger partial charge in [-0.15, -0.1) is 0 Å². The summed E-state index contributed by atoms with van der Waals surface area (Å²) in [5, 5.41) is 0. The Hall–Kier alpha value is -1.97.